The van der Waals surface area contributed by atoms with Gasteiger partial charge in [0, 0.05) is 17.6 Å². The molecule has 5 nitrogen and oxygen atoms in total. The van der Waals surface area contributed by atoms with Gasteiger partial charge in [-0.25, -0.2) is 8.42 Å². The van der Waals surface area contributed by atoms with Crippen molar-refractivity contribution in [3.05, 3.63) is 23.8 Å². The van der Waals surface area contributed by atoms with Crippen LogP contribution in [0.1, 0.15) is 18.4 Å². The van der Waals surface area contributed by atoms with Crippen LogP contribution in [0.25, 0.3) is 0 Å². The molecule has 1 aromatic rings. The number of ether oxygens (including phenoxy) is 2. The quantitative estimate of drug-likeness (QED) is 0.774. The van der Waals surface area contributed by atoms with E-state index in [-0.39, 0.29) is 18.5 Å². The van der Waals surface area contributed by atoms with Crippen LogP contribution in [0.4, 0.5) is 0 Å². The average molecular weight is 282 g/mol. The average Bonchev–Trinajstić information content (AvgIpc) is 2.99. The molecule has 2 aliphatic rings. The normalized spacial score (nSPS) is 28.2. The largest absolute Gasteiger partial charge is 0.454 e. The second-order valence-electron chi connectivity index (χ2n) is 4.77. The summed E-state index contributed by atoms with van der Waals surface area (Å²) in [6.45, 7) is 1.78. The first-order chi connectivity index (χ1) is 9.08. The van der Waals surface area contributed by atoms with Crippen LogP contribution in [0.2, 0.25) is 0 Å². The monoisotopic (exact) mass is 282 g/mol. The molecule has 1 heterocycles. The Labute approximate surface area is 111 Å². The van der Waals surface area contributed by atoms with Crippen molar-refractivity contribution >= 4 is 16.1 Å². The van der Waals surface area contributed by atoms with Crippen LogP contribution < -0.4 is 9.47 Å². The fourth-order valence-electron chi connectivity index (χ4n) is 2.65. The third kappa shape index (κ3) is 1.90. The molecule has 0 amide bonds. The Morgan fingerprint density at radius 1 is 1.32 bits per heavy atom. The van der Waals surface area contributed by atoms with Crippen molar-refractivity contribution in [1.29, 1.82) is 0 Å². The van der Waals surface area contributed by atoms with E-state index >= 15 is 0 Å². The summed E-state index contributed by atoms with van der Waals surface area (Å²) in [6.07, 6.45) is 0.743. The molecule has 0 bridgehead atoms. The number of rotatable bonds is 4. The highest BCUT2D eigenvalue weighted by Crippen LogP contribution is 2.52. The van der Waals surface area contributed by atoms with E-state index in [0.717, 1.165) is 11.8 Å². The minimum absolute atomic E-state index is 0.0586. The van der Waals surface area contributed by atoms with Crippen LogP contribution in [0, 0.1) is 5.92 Å². The third-order valence-corrected chi connectivity index (χ3v) is 6.00. The van der Waals surface area contributed by atoms with Crippen molar-refractivity contribution in [1.82, 2.24) is 0 Å². The van der Waals surface area contributed by atoms with Gasteiger partial charge in [-0.15, -0.1) is 0 Å². The topological polar surface area (TPSA) is 69.7 Å². The van der Waals surface area contributed by atoms with Gasteiger partial charge in [-0.05, 0) is 17.7 Å². The summed E-state index contributed by atoms with van der Waals surface area (Å²) in [5.41, 5.74) is 0.823. The zero-order valence-electron chi connectivity index (χ0n) is 10.4. The molecule has 0 aromatic heterocycles. The summed E-state index contributed by atoms with van der Waals surface area (Å²) in [6, 6.07) is 5.34. The fourth-order valence-corrected chi connectivity index (χ4v) is 4.45. The number of carbonyl (C=O) groups excluding carboxylic acids is 1. The Bertz CT molecular complexity index is 622. The fraction of sp³-hybridized carbons (Fsp3) is 0.462. The number of fused-ring (bicyclic) bond motifs is 1. The van der Waals surface area contributed by atoms with Gasteiger partial charge in [0.1, 0.15) is 6.29 Å². The van der Waals surface area contributed by atoms with Crippen LogP contribution in [-0.2, 0) is 14.6 Å². The van der Waals surface area contributed by atoms with Crippen LogP contribution in [0.5, 0.6) is 11.5 Å². The van der Waals surface area contributed by atoms with E-state index in [9.17, 15) is 13.2 Å². The van der Waals surface area contributed by atoms with E-state index in [1.54, 1.807) is 25.1 Å². The lowest BCUT2D eigenvalue weighted by Gasteiger charge is -2.02. The number of carbonyl (C=O) groups is 1. The lowest BCUT2D eigenvalue weighted by Crippen LogP contribution is -2.12. The molecular weight excluding hydrogens is 268 g/mol. The maximum Gasteiger partial charge on any atom is 0.231 e. The van der Waals surface area contributed by atoms with Gasteiger partial charge in [0.05, 0.1) is 5.25 Å². The second-order valence-corrected chi connectivity index (χ2v) is 7.22. The Morgan fingerprint density at radius 2 is 2.05 bits per heavy atom. The highest BCUT2D eigenvalue weighted by Gasteiger charge is 2.58. The van der Waals surface area contributed by atoms with Crippen molar-refractivity contribution in [2.24, 2.45) is 5.92 Å². The molecule has 0 saturated heterocycles. The molecule has 1 aliphatic carbocycles. The summed E-state index contributed by atoms with van der Waals surface area (Å²) < 4.78 is 34.4. The summed E-state index contributed by atoms with van der Waals surface area (Å²) in [4.78, 5) is 11.0. The van der Waals surface area contributed by atoms with E-state index in [0.29, 0.717) is 11.5 Å². The molecule has 0 radical (unpaired) electrons. The van der Waals surface area contributed by atoms with Gasteiger partial charge in [-0.3, -0.25) is 0 Å². The van der Waals surface area contributed by atoms with Crippen LogP contribution >= 0.6 is 0 Å². The zero-order valence-corrected chi connectivity index (χ0v) is 11.2. The van der Waals surface area contributed by atoms with E-state index in [4.69, 9.17) is 9.47 Å². The van der Waals surface area contributed by atoms with Gasteiger partial charge in [-0.2, -0.15) is 0 Å². The smallest absolute Gasteiger partial charge is 0.231 e. The minimum Gasteiger partial charge on any atom is -0.454 e. The predicted molar refractivity (Wildman–Crippen MR) is 68.1 cm³/mol. The summed E-state index contributed by atoms with van der Waals surface area (Å²) in [7, 11) is -3.20. The SMILES string of the molecule is CCS(=O)(=O)[C@@H]1[C@H](C=O)[C@H]1c1ccc2c(c1)OCO2. The highest BCUT2D eigenvalue weighted by atomic mass is 32.2. The molecular formula is C13H14O5S. The highest BCUT2D eigenvalue weighted by molar-refractivity contribution is 7.92. The number of sulfone groups is 1. The summed E-state index contributed by atoms with van der Waals surface area (Å²) in [5.74, 6) is 0.634. The van der Waals surface area contributed by atoms with Gasteiger partial charge in [0.15, 0.2) is 21.3 Å². The molecule has 19 heavy (non-hydrogen) atoms. The van der Waals surface area contributed by atoms with Gasteiger partial charge >= 0.3 is 0 Å². The molecule has 1 saturated carbocycles. The minimum atomic E-state index is -3.20. The number of aldehydes is 1. The molecule has 3 rings (SSSR count). The van der Waals surface area contributed by atoms with E-state index in [1.807, 2.05) is 0 Å². The molecule has 6 heteroatoms. The first kappa shape index (κ1) is 12.5. The van der Waals surface area contributed by atoms with Crippen molar-refractivity contribution in [2.75, 3.05) is 12.5 Å². The van der Waals surface area contributed by atoms with Crippen molar-refractivity contribution in [2.45, 2.75) is 18.1 Å². The van der Waals surface area contributed by atoms with Crippen LogP contribution in [-0.4, -0.2) is 32.5 Å². The summed E-state index contributed by atoms with van der Waals surface area (Å²) in [5, 5.41) is -0.588. The Hall–Kier alpha value is -1.56. The maximum absolute atomic E-state index is 11.9. The zero-order chi connectivity index (χ0) is 13.6. The lowest BCUT2D eigenvalue weighted by atomic mass is 10.1. The Morgan fingerprint density at radius 3 is 2.74 bits per heavy atom. The first-order valence-corrected chi connectivity index (χ1v) is 7.86. The van der Waals surface area contributed by atoms with Gasteiger partial charge in [-0.1, -0.05) is 13.0 Å². The molecule has 0 spiro atoms. The van der Waals surface area contributed by atoms with E-state index in [2.05, 4.69) is 0 Å². The standard InChI is InChI=1S/C13H14O5S/c1-2-19(15,16)13-9(6-14)12(13)8-3-4-10-11(5-8)18-7-17-10/h3-6,9,12-13H,2,7H2,1H3/t9-,12-,13-/m1/s1. The number of hydrogen-bond acceptors (Lipinski definition) is 5. The van der Waals surface area contributed by atoms with Gasteiger partial charge in [0.25, 0.3) is 0 Å². The van der Waals surface area contributed by atoms with E-state index in [1.165, 1.54) is 0 Å². The van der Waals surface area contributed by atoms with Crippen molar-refractivity contribution in [3.63, 3.8) is 0 Å². The van der Waals surface area contributed by atoms with Crippen LogP contribution in [0.3, 0.4) is 0 Å². The molecule has 1 fully saturated rings. The lowest BCUT2D eigenvalue weighted by molar-refractivity contribution is -0.108. The van der Waals surface area contributed by atoms with Gasteiger partial charge < -0.3 is 14.3 Å². The molecule has 0 unspecified atom stereocenters. The predicted octanol–water partition coefficient (Wildman–Crippen LogP) is 1.13. The first-order valence-electron chi connectivity index (χ1n) is 6.15. The number of hydrogen-bond donors (Lipinski definition) is 0. The molecule has 1 aliphatic heterocycles. The molecule has 102 valence electrons. The van der Waals surface area contributed by atoms with E-state index < -0.39 is 21.0 Å². The Balaban J connectivity index is 1.93. The van der Waals surface area contributed by atoms with Crippen LogP contribution in [0.15, 0.2) is 18.2 Å². The maximum atomic E-state index is 11.9. The Kier molecular flexibility index (Phi) is 2.78. The van der Waals surface area contributed by atoms with Crippen molar-refractivity contribution < 1.29 is 22.7 Å². The third-order valence-electron chi connectivity index (χ3n) is 3.76. The van der Waals surface area contributed by atoms with Gasteiger partial charge in [0.2, 0.25) is 6.79 Å². The number of benzene rings is 1. The molecule has 0 N–H and O–H groups in total. The summed E-state index contributed by atoms with van der Waals surface area (Å²) >= 11 is 0. The van der Waals surface area contributed by atoms with Crippen molar-refractivity contribution in [3.8, 4) is 11.5 Å². The molecule has 1 aromatic carbocycles. The molecule has 3 atom stereocenters. The second kappa shape index (κ2) is 4.23.